The van der Waals surface area contributed by atoms with Crippen LogP contribution in [0.1, 0.15) is 15.9 Å². The lowest BCUT2D eigenvalue weighted by Gasteiger charge is -2.07. The van der Waals surface area contributed by atoms with Crippen molar-refractivity contribution in [2.75, 3.05) is 5.32 Å². The topological polar surface area (TPSA) is 89.8 Å². The van der Waals surface area contributed by atoms with E-state index in [9.17, 15) is 15.0 Å². The van der Waals surface area contributed by atoms with E-state index in [-0.39, 0.29) is 23.7 Å². The highest BCUT2D eigenvalue weighted by atomic mass is 16.3. The Morgan fingerprint density at radius 1 is 1.00 bits per heavy atom. The summed E-state index contributed by atoms with van der Waals surface area (Å²) in [5.74, 6) is -0.801. The molecule has 5 nitrogen and oxygen atoms in total. The van der Waals surface area contributed by atoms with Crippen LogP contribution < -0.4 is 5.32 Å². The maximum absolute atomic E-state index is 11.9. The van der Waals surface area contributed by atoms with Gasteiger partial charge in [0.05, 0.1) is 6.61 Å². The third-order valence-corrected chi connectivity index (χ3v) is 2.56. The number of aromatic hydroxyl groups is 2. The molecule has 0 fully saturated rings. The molecule has 0 heterocycles. The zero-order valence-corrected chi connectivity index (χ0v) is 10.00. The van der Waals surface area contributed by atoms with Gasteiger partial charge in [0.25, 0.3) is 5.91 Å². The molecule has 0 spiro atoms. The van der Waals surface area contributed by atoms with E-state index < -0.39 is 5.91 Å². The van der Waals surface area contributed by atoms with Crippen molar-refractivity contribution in [3.05, 3.63) is 53.6 Å². The van der Waals surface area contributed by atoms with E-state index in [4.69, 9.17) is 5.11 Å². The highest BCUT2D eigenvalue weighted by Gasteiger charge is 2.08. The molecule has 0 aliphatic heterocycles. The molecule has 2 aromatic carbocycles. The van der Waals surface area contributed by atoms with Gasteiger partial charge in [-0.1, -0.05) is 12.1 Å². The van der Waals surface area contributed by atoms with Crippen molar-refractivity contribution in [1.82, 2.24) is 0 Å². The van der Waals surface area contributed by atoms with Gasteiger partial charge in [-0.25, -0.2) is 0 Å². The number of anilines is 1. The average molecular weight is 259 g/mol. The molecular weight excluding hydrogens is 246 g/mol. The monoisotopic (exact) mass is 259 g/mol. The Morgan fingerprint density at radius 3 is 2.11 bits per heavy atom. The number of amides is 1. The van der Waals surface area contributed by atoms with Crippen molar-refractivity contribution in [3.8, 4) is 11.5 Å². The number of carbonyl (C=O) groups is 1. The first-order chi connectivity index (χ1) is 9.08. The van der Waals surface area contributed by atoms with Crippen molar-refractivity contribution in [2.45, 2.75) is 6.61 Å². The minimum atomic E-state index is -0.442. The molecule has 2 rings (SSSR count). The summed E-state index contributed by atoms with van der Waals surface area (Å²) < 4.78 is 0. The molecule has 0 bridgehead atoms. The summed E-state index contributed by atoms with van der Waals surface area (Å²) in [4.78, 5) is 11.9. The third-order valence-electron chi connectivity index (χ3n) is 2.56. The van der Waals surface area contributed by atoms with Gasteiger partial charge in [-0.3, -0.25) is 4.79 Å². The van der Waals surface area contributed by atoms with E-state index in [1.807, 2.05) is 0 Å². The van der Waals surface area contributed by atoms with Crippen LogP contribution in [0.5, 0.6) is 11.5 Å². The fourth-order valence-corrected chi connectivity index (χ4v) is 1.62. The Morgan fingerprint density at radius 2 is 1.58 bits per heavy atom. The Balaban J connectivity index is 2.15. The van der Waals surface area contributed by atoms with Crippen molar-refractivity contribution in [3.63, 3.8) is 0 Å². The number of nitrogens with one attached hydrogen (secondary N) is 1. The lowest BCUT2D eigenvalue weighted by atomic mass is 10.1. The molecule has 0 saturated heterocycles. The van der Waals surface area contributed by atoms with Gasteiger partial charge in [0.15, 0.2) is 0 Å². The number of phenolic OH excluding ortho intramolecular Hbond substituents is 2. The van der Waals surface area contributed by atoms with E-state index in [1.54, 1.807) is 24.3 Å². The molecule has 0 saturated carbocycles. The van der Waals surface area contributed by atoms with Gasteiger partial charge in [0.1, 0.15) is 11.5 Å². The summed E-state index contributed by atoms with van der Waals surface area (Å²) in [6.07, 6.45) is 0. The zero-order chi connectivity index (χ0) is 13.8. The third kappa shape index (κ3) is 3.23. The Bertz CT molecular complexity index is 573. The first kappa shape index (κ1) is 12.9. The van der Waals surface area contributed by atoms with Gasteiger partial charge in [-0.15, -0.1) is 0 Å². The van der Waals surface area contributed by atoms with Crippen LogP contribution in [0.3, 0.4) is 0 Å². The molecule has 0 aromatic heterocycles. The Hall–Kier alpha value is -2.53. The molecule has 0 unspecified atom stereocenters. The van der Waals surface area contributed by atoms with Crippen LogP contribution in [-0.2, 0) is 6.61 Å². The van der Waals surface area contributed by atoms with Crippen molar-refractivity contribution in [1.29, 1.82) is 0 Å². The van der Waals surface area contributed by atoms with Crippen molar-refractivity contribution >= 4 is 11.6 Å². The Kier molecular flexibility index (Phi) is 3.68. The van der Waals surface area contributed by atoms with Crippen LogP contribution in [0.15, 0.2) is 42.5 Å². The summed E-state index contributed by atoms with van der Waals surface area (Å²) in [5, 5.41) is 30.1. The average Bonchev–Trinajstić information content (AvgIpc) is 2.38. The maximum Gasteiger partial charge on any atom is 0.255 e. The van der Waals surface area contributed by atoms with Crippen molar-refractivity contribution in [2.24, 2.45) is 0 Å². The molecule has 0 radical (unpaired) electrons. The number of carbonyl (C=O) groups excluding carboxylic acids is 1. The summed E-state index contributed by atoms with van der Waals surface area (Å²) >= 11 is 0. The minimum absolute atomic E-state index is 0.0609. The van der Waals surface area contributed by atoms with Crippen LogP contribution in [-0.4, -0.2) is 21.2 Å². The second-order valence-electron chi connectivity index (χ2n) is 4.05. The van der Waals surface area contributed by atoms with Crippen LogP contribution in [0, 0.1) is 0 Å². The summed E-state index contributed by atoms with van der Waals surface area (Å²) in [5.41, 5.74) is 1.46. The molecule has 2 aromatic rings. The number of hydrogen-bond donors (Lipinski definition) is 4. The predicted molar refractivity (Wildman–Crippen MR) is 70.1 cm³/mol. The molecule has 0 aliphatic rings. The summed E-state index contributed by atoms with van der Waals surface area (Å²) in [6, 6.07) is 10.4. The van der Waals surface area contributed by atoms with Crippen LogP contribution >= 0.6 is 0 Å². The van der Waals surface area contributed by atoms with Crippen molar-refractivity contribution < 1.29 is 20.1 Å². The molecule has 19 heavy (non-hydrogen) atoms. The quantitative estimate of drug-likeness (QED) is 0.677. The van der Waals surface area contributed by atoms with Gasteiger partial charge in [-0.2, -0.15) is 0 Å². The molecule has 1 amide bonds. The molecule has 5 heteroatoms. The first-order valence-electron chi connectivity index (χ1n) is 5.62. The van der Waals surface area contributed by atoms with E-state index in [0.29, 0.717) is 5.69 Å². The van der Waals surface area contributed by atoms with E-state index >= 15 is 0 Å². The second kappa shape index (κ2) is 5.41. The zero-order valence-electron chi connectivity index (χ0n) is 10.00. The number of rotatable bonds is 3. The van der Waals surface area contributed by atoms with Gasteiger partial charge < -0.3 is 20.6 Å². The molecule has 98 valence electrons. The molecule has 0 aliphatic carbocycles. The van der Waals surface area contributed by atoms with E-state index in [0.717, 1.165) is 11.6 Å². The second-order valence-corrected chi connectivity index (χ2v) is 4.05. The van der Waals surface area contributed by atoms with E-state index in [2.05, 4.69) is 5.32 Å². The lowest BCUT2D eigenvalue weighted by Crippen LogP contribution is -2.11. The van der Waals surface area contributed by atoms with Gasteiger partial charge in [-0.05, 0) is 29.8 Å². The summed E-state index contributed by atoms with van der Waals surface area (Å²) in [6.45, 7) is -0.0609. The highest BCUT2D eigenvalue weighted by Crippen LogP contribution is 2.21. The number of hydrogen-bond acceptors (Lipinski definition) is 4. The van der Waals surface area contributed by atoms with Gasteiger partial charge >= 0.3 is 0 Å². The number of phenols is 2. The van der Waals surface area contributed by atoms with E-state index in [1.165, 1.54) is 12.1 Å². The van der Waals surface area contributed by atoms with Crippen LogP contribution in [0.2, 0.25) is 0 Å². The lowest BCUT2D eigenvalue weighted by molar-refractivity contribution is 0.102. The SMILES string of the molecule is O=C(Nc1ccc(CO)cc1)c1cc(O)cc(O)c1. The fourth-order valence-electron chi connectivity index (χ4n) is 1.62. The highest BCUT2D eigenvalue weighted by molar-refractivity contribution is 6.04. The number of benzene rings is 2. The van der Waals surface area contributed by atoms with Gasteiger partial charge in [0, 0.05) is 17.3 Å². The minimum Gasteiger partial charge on any atom is -0.508 e. The smallest absolute Gasteiger partial charge is 0.255 e. The normalized spacial score (nSPS) is 10.2. The number of aliphatic hydroxyl groups excluding tert-OH is 1. The van der Waals surface area contributed by atoms with Gasteiger partial charge in [0.2, 0.25) is 0 Å². The fraction of sp³-hybridized carbons (Fsp3) is 0.0714. The molecule has 0 atom stereocenters. The first-order valence-corrected chi connectivity index (χ1v) is 5.62. The predicted octanol–water partition coefficient (Wildman–Crippen LogP) is 1.84. The largest absolute Gasteiger partial charge is 0.508 e. The molecular formula is C14H13NO4. The Labute approximate surface area is 109 Å². The van der Waals surface area contributed by atoms with Crippen LogP contribution in [0.4, 0.5) is 5.69 Å². The van der Waals surface area contributed by atoms with Crippen LogP contribution in [0.25, 0.3) is 0 Å². The maximum atomic E-state index is 11.9. The number of aliphatic hydroxyl groups is 1. The standard InChI is InChI=1S/C14H13NO4/c16-8-9-1-3-11(4-2-9)15-14(19)10-5-12(17)7-13(18)6-10/h1-7,16-18H,8H2,(H,15,19). The molecule has 4 N–H and O–H groups in total. The summed E-state index contributed by atoms with van der Waals surface area (Å²) in [7, 11) is 0.